The first-order valence-corrected chi connectivity index (χ1v) is 15.2. The number of halogens is 4. The molecule has 2 aromatic rings. The zero-order chi connectivity index (χ0) is 31.8. The Morgan fingerprint density at radius 3 is 2.48 bits per heavy atom. The Morgan fingerprint density at radius 2 is 1.82 bits per heavy atom. The molecule has 3 fully saturated rings. The van der Waals surface area contributed by atoms with Crippen molar-refractivity contribution in [1.82, 2.24) is 19.7 Å². The topological polar surface area (TPSA) is 78.5 Å². The van der Waals surface area contributed by atoms with Gasteiger partial charge >= 0.3 is 6.09 Å². The van der Waals surface area contributed by atoms with Crippen LogP contribution in [0.1, 0.15) is 51.4 Å². The molecule has 0 aliphatic carbocycles. The number of fused-ring (bicyclic) bond motifs is 2. The van der Waals surface area contributed by atoms with E-state index in [1.54, 1.807) is 53.7 Å². The molecular formula is C31H37ClF3N5O4. The van der Waals surface area contributed by atoms with Crippen molar-refractivity contribution in [2.45, 2.75) is 70.2 Å². The highest BCUT2D eigenvalue weighted by Gasteiger charge is 2.52. The average molecular weight is 636 g/mol. The standard InChI is InChI=1S/C31H37ClF3N5O4/c1-29(2,3)44-28(42)37-10-11-39-19(13-37)15-43-25-22(27(39)41)26(36-24(23(25)32)20-8-6-7-9-21(20)33)40-14-18(12-30(40,4)5)38-16-31(34,35)17-38/h6-9,18-19H,10-17H2,1-5H3. The van der Waals surface area contributed by atoms with Crippen LogP contribution in [0.15, 0.2) is 24.3 Å². The van der Waals surface area contributed by atoms with Gasteiger partial charge in [-0.25, -0.2) is 22.9 Å². The zero-order valence-electron chi connectivity index (χ0n) is 25.5. The normalized spacial score (nSPS) is 24.7. The van der Waals surface area contributed by atoms with E-state index in [1.807, 2.05) is 18.7 Å². The summed E-state index contributed by atoms with van der Waals surface area (Å²) >= 11 is 6.89. The van der Waals surface area contributed by atoms with Crippen LogP contribution in [0.3, 0.4) is 0 Å². The number of alkyl halides is 2. The second-order valence-corrected chi connectivity index (χ2v) is 14.1. The van der Waals surface area contributed by atoms with Crippen molar-refractivity contribution in [3.8, 4) is 17.0 Å². The number of carbonyl (C=O) groups excluding carboxylic acids is 2. The highest BCUT2D eigenvalue weighted by molar-refractivity contribution is 6.35. The van der Waals surface area contributed by atoms with Crippen LogP contribution < -0.4 is 9.64 Å². The van der Waals surface area contributed by atoms with Crippen LogP contribution >= 0.6 is 11.6 Å². The van der Waals surface area contributed by atoms with E-state index in [-0.39, 0.29) is 84.7 Å². The van der Waals surface area contributed by atoms with E-state index in [2.05, 4.69) is 0 Å². The fourth-order valence-corrected chi connectivity index (χ4v) is 6.89. The highest BCUT2D eigenvalue weighted by Crippen LogP contribution is 2.47. The second-order valence-electron chi connectivity index (χ2n) is 13.7. The Kier molecular flexibility index (Phi) is 7.47. The molecule has 2 unspecified atom stereocenters. The molecule has 9 nitrogen and oxygen atoms in total. The van der Waals surface area contributed by atoms with Crippen molar-refractivity contribution in [3.05, 3.63) is 40.7 Å². The van der Waals surface area contributed by atoms with Gasteiger partial charge < -0.3 is 24.2 Å². The molecule has 4 aliphatic rings. The third kappa shape index (κ3) is 5.55. The monoisotopic (exact) mass is 635 g/mol. The van der Waals surface area contributed by atoms with Crippen molar-refractivity contribution in [2.24, 2.45) is 0 Å². The summed E-state index contributed by atoms with van der Waals surface area (Å²) in [5.41, 5.74) is -0.851. The van der Waals surface area contributed by atoms with Crippen LogP contribution in [-0.2, 0) is 4.74 Å². The Balaban J connectivity index is 1.41. The van der Waals surface area contributed by atoms with Crippen LogP contribution in [0.4, 0.5) is 23.8 Å². The molecule has 3 saturated heterocycles. The van der Waals surface area contributed by atoms with E-state index in [4.69, 9.17) is 26.1 Å². The molecule has 0 bridgehead atoms. The van der Waals surface area contributed by atoms with Gasteiger partial charge in [0.1, 0.15) is 34.4 Å². The third-order valence-electron chi connectivity index (χ3n) is 8.73. The van der Waals surface area contributed by atoms with Gasteiger partial charge in [0, 0.05) is 43.3 Å². The number of piperazine rings is 1. The highest BCUT2D eigenvalue weighted by atomic mass is 35.5. The third-order valence-corrected chi connectivity index (χ3v) is 9.08. The quantitative estimate of drug-likeness (QED) is 0.453. The zero-order valence-corrected chi connectivity index (χ0v) is 26.3. The first-order valence-electron chi connectivity index (χ1n) is 14.8. The van der Waals surface area contributed by atoms with Gasteiger partial charge in [-0.1, -0.05) is 23.7 Å². The van der Waals surface area contributed by atoms with E-state index >= 15 is 4.39 Å². The molecule has 0 spiro atoms. The maximum absolute atomic E-state index is 15.1. The van der Waals surface area contributed by atoms with E-state index in [9.17, 15) is 18.4 Å². The minimum absolute atomic E-state index is 0.00184. The van der Waals surface area contributed by atoms with Crippen molar-refractivity contribution >= 4 is 29.4 Å². The van der Waals surface area contributed by atoms with Gasteiger partial charge in [0.2, 0.25) is 0 Å². The maximum atomic E-state index is 15.1. The van der Waals surface area contributed by atoms with Crippen molar-refractivity contribution in [2.75, 3.05) is 50.8 Å². The SMILES string of the molecule is CC(C)(C)OC(=O)N1CCN2C(=O)c3c(N4CC(N5CC(F)(F)C5)CC4(C)C)nc(-c4ccccc4F)c(Cl)c3OCC2C1. The molecule has 4 aliphatic heterocycles. The summed E-state index contributed by atoms with van der Waals surface area (Å²) in [5, 5.41) is 0.00184. The van der Waals surface area contributed by atoms with Gasteiger partial charge in [-0.3, -0.25) is 9.69 Å². The molecule has 6 rings (SSSR count). The Bertz CT molecular complexity index is 1490. The number of ether oxygens (including phenoxy) is 2. The number of pyridine rings is 1. The predicted octanol–water partition coefficient (Wildman–Crippen LogP) is 5.30. The number of carbonyl (C=O) groups is 2. The van der Waals surface area contributed by atoms with Gasteiger partial charge in [0.15, 0.2) is 5.75 Å². The Morgan fingerprint density at radius 1 is 1.11 bits per heavy atom. The molecule has 1 aromatic heterocycles. The molecular weight excluding hydrogens is 599 g/mol. The number of rotatable bonds is 3. The summed E-state index contributed by atoms with van der Waals surface area (Å²) in [7, 11) is 0. The molecule has 5 heterocycles. The van der Waals surface area contributed by atoms with E-state index in [0.717, 1.165) is 0 Å². The fraction of sp³-hybridized carbons (Fsp3) is 0.581. The van der Waals surface area contributed by atoms with E-state index in [0.29, 0.717) is 13.0 Å². The number of aromatic nitrogens is 1. The van der Waals surface area contributed by atoms with Crippen LogP contribution in [0.5, 0.6) is 5.75 Å². The number of amides is 2. The minimum atomic E-state index is -2.72. The molecule has 13 heteroatoms. The number of likely N-dealkylation sites (tertiary alicyclic amines) is 1. The van der Waals surface area contributed by atoms with Gasteiger partial charge in [-0.2, -0.15) is 0 Å². The minimum Gasteiger partial charge on any atom is -0.489 e. The van der Waals surface area contributed by atoms with E-state index < -0.39 is 35.0 Å². The number of hydrogen-bond acceptors (Lipinski definition) is 7. The first-order chi connectivity index (χ1) is 20.5. The lowest BCUT2D eigenvalue weighted by Crippen LogP contribution is -2.60. The summed E-state index contributed by atoms with van der Waals surface area (Å²) in [5.74, 6) is -3.27. The van der Waals surface area contributed by atoms with Gasteiger partial charge in [-0.05, 0) is 53.2 Å². The van der Waals surface area contributed by atoms with Gasteiger partial charge in [0.05, 0.1) is 24.8 Å². The molecule has 1 aromatic carbocycles. The second kappa shape index (κ2) is 10.7. The molecule has 0 saturated carbocycles. The van der Waals surface area contributed by atoms with Crippen molar-refractivity contribution in [1.29, 1.82) is 0 Å². The molecule has 2 amide bonds. The average Bonchev–Trinajstić information content (AvgIpc) is 3.15. The summed E-state index contributed by atoms with van der Waals surface area (Å²) < 4.78 is 54.6. The number of hydrogen-bond donors (Lipinski definition) is 0. The summed E-state index contributed by atoms with van der Waals surface area (Å²) in [6.07, 6.45) is 0.0821. The van der Waals surface area contributed by atoms with Crippen LogP contribution in [0.25, 0.3) is 11.3 Å². The molecule has 238 valence electrons. The molecule has 0 N–H and O–H groups in total. The van der Waals surface area contributed by atoms with Gasteiger partial charge in [0.25, 0.3) is 11.8 Å². The molecule has 2 atom stereocenters. The summed E-state index contributed by atoms with van der Waals surface area (Å²) in [6.45, 7) is 9.73. The number of anilines is 1. The van der Waals surface area contributed by atoms with Crippen LogP contribution in [-0.4, -0.2) is 107 Å². The lowest BCUT2D eigenvalue weighted by atomic mass is 9.97. The molecule has 0 radical (unpaired) electrons. The lowest BCUT2D eigenvalue weighted by Gasteiger charge is -2.42. The smallest absolute Gasteiger partial charge is 0.410 e. The Hall–Kier alpha value is -3.25. The van der Waals surface area contributed by atoms with Crippen LogP contribution in [0.2, 0.25) is 5.02 Å². The predicted molar refractivity (Wildman–Crippen MR) is 159 cm³/mol. The summed E-state index contributed by atoms with van der Waals surface area (Å²) in [4.78, 5) is 39.0. The summed E-state index contributed by atoms with van der Waals surface area (Å²) in [6, 6.07) is 5.39. The van der Waals surface area contributed by atoms with Gasteiger partial charge in [-0.15, -0.1) is 0 Å². The van der Waals surface area contributed by atoms with Crippen molar-refractivity contribution in [3.63, 3.8) is 0 Å². The lowest BCUT2D eigenvalue weighted by molar-refractivity contribution is -0.143. The maximum Gasteiger partial charge on any atom is 0.410 e. The first kappa shape index (κ1) is 30.8. The Labute approximate surface area is 259 Å². The fourth-order valence-electron chi connectivity index (χ4n) is 6.60. The number of benzene rings is 1. The largest absolute Gasteiger partial charge is 0.489 e. The molecule has 44 heavy (non-hydrogen) atoms. The number of nitrogens with zero attached hydrogens (tertiary/aromatic N) is 5. The van der Waals surface area contributed by atoms with Crippen LogP contribution in [0, 0.1) is 5.82 Å². The van der Waals surface area contributed by atoms with E-state index in [1.165, 1.54) is 6.07 Å². The van der Waals surface area contributed by atoms with Crippen molar-refractivity contribution < 1.29 is 32.2 Å².